The smallest absolute Gasteiger partial charge is 0.281 e. The number of nitrogens with zero attached hydrogens (tertiary/aromatic N) is 2. The maximum atomic E-state index is 13.1. The summed E-state index contributed by atoms with van der Waals surface area (Å²) in [6.07, 6.45) is 0. The molecular formula is C22H14Cl4N2O2. The number of amides is 1. The van der Waals surface area contributed by atoms with Gasteiger partial charge in [-0.15, -0.1) is 0 Å². The highest BCUT2D eigenvalue weighted by atomic mass is 35.5. The SMILES string of the molecule is O=C1C(=NOCc2ccc(Cl)c(Cl)c2)c2ccccc2N1Cc1ccc(Cl)cc1Cl. The fourth-order valence-electron chi connectivity index (χ4n) is 3.13. The number of carbonyl (C=O) groups is 1. The molecule has 0 radical (unpaired) electrons. The van der Waals surface area contributed by atoms with Gasteiger partial charge >= 0.3 is 0 Å². The Labute approximate surface area is 193 Å². The summed E-state index contributed by atoms with van der Waals surface area (Å²) in [4.78, 5) is 20.2. The van der Waals surface area contributed by atoms with E-state index in [0.29, 0.717) is 25.7 Å². The Balaban J connectivity index is 1.57. The molecule has 3 aromatic carbocycles. The van der Waals surface area contributed by atoms with E-state index in [4.69, 9.17) is 51.2 Å². The van der Waals surface area contributed by atoms with Crippen molar-refractivity contribution in [2.24, 2.45) is 5.16 Å². The Bertz CT molecular complexity index is 1160. The Hall–Kier alpha value is -2.24. The molecule has 1 aliphatic heterocycles. The molecule has 0 aliphatic carbocycles. The van der Waals surface area contributed by atoms with Crippen molar-refractivity contribution in [1.82, 2.24) is 0 Å². The van der Waals surface area contributed by atoms with Crippen LogP contribution in [0.2, 0.25) is 20.1 Å². The van der Waals surface area contributed by atoms with E-state index in [0.717, 1.165) is 16.8 Å². The summed E-state index contributed by atoms with van der Waals surface area (Å²) in [7, 11) is 0. The van der Waals surface area contributed by atoms with Crippen LogP contribution in [0.5, 0.6) is 0 Å². The van der Waals surface area contributed by atoms with Crippen molar-refractivity contribution in [3.63, 3.8) is 0 Å². The molecule has 0 atom stereocenters. The van der Waals surface area contributed by atoms with Crippen molar-refractivity contribution in [3.05, 3.63) is 97.4 Å². The molecule has 0 saturated heterocycles. The molecular weight excluding hydrogens is 466 g/mol. The van der Waals surface area contributed by atoms with Gasteiger partial charge in [0.2, 0.25) is 0 Å². The number of halogens is 4. The number of benzene rings is 3. The molecule has 0 saturated carbocycles. The summed E-state index contributed by atoms with van der Waals surface area (Å²) in [6.45, 7) is 0.441. The molecule has 8 heteroatoms. The first-order chi connectivity index (χ1) is 14.4. The van der Waals surface area contributed by atoms with Gasteiger partial charge in [-0.25, -0.2) is 0 Å². The van der Waals surface area contributed by atoms with Crippen LogP contribution in [-0.2, 0) is 22.8 Å². The molecule has 30 heavy (non-hydrogen) atoms. The van der Waals surface area contributed by atoms with Gasteiger partial charge in [0.25, 0.3) is 5.91 Å². The van der Waals surface area contributed by atoms with E-state index in [1.807, 2.05) is 24.3 Å². The molecule has 0 fully saturated rings. The van der Waals surface area contributed by atoms with E-state index in [1.165, 1.54) is 0 Å². The summed E-state index contributed by atoms with van der Waals surface area (Å²) in [5, 5.41) is 6.04. The molecule has 3 aromatic rings. The van der Waals surface area contributed by atoms with Crippen molar-refractivity contribution in [1.29, 1.82) is 0 Å². The van der Waals surface area contributed by atoms with Crippen molar-refractivity contribution < 1.29 is 9.63 Å². The van der Waals surface area contributed by atoms with Gasteiger partial charge in [0.05, 0.1) is 22.3 Å². The lowest BCUT2D eigenvalue weighted by molar-refractivity contribution is -0.112. The zero-order valence-electron chi connectivity index (χ0n) is 15.4. The Morgan fingerprint density at radius 1 is 0.867 bits per heavy atom. The zero-order chi connectivity index (χ0) is 21.3. The molecule has 1 amide bonds. The van der Waals surface area contributed by atoms with Crippen LogP contribution in [0.3, 0.4) is 0 Å². The lowest BCUT2D eigenvalue weighted by Gasteiger charge is -2.17. The van der Waals surface area contributed by atoms with Crippen LogP contribution in [0.25, 0.3) is 0 Å². The largest absolute Gasteiger partial charge is 0.390 e. The number of fused-ring (bicyclic) bond motifs is 1. The zero-order valence-corrected chi connectivity index (χ0v) is 18.4. The molecule has 0 aromatic heterocycles. The summed E-state index contributed by atoms with van der Waals surface area (Å²) < 4.78 is 0. The van der Waals surface area contributed by atoms with Crippen LogP contribution in [0.4, 0.5) is 5.69 Å². The number of oxime groups is 1. The molecule has 0 spiro atoms. The minimum absolute atomic E-state index is 0.152. The predicted octanol–water partition coefficient (Wildman–Crippen LogP) is 6.77. The normalized spacial score (nSPS) is 14.3. The number of rotatable bonds is 5. The molecule has 0 unspecified atom stereocenters. The maximum Gasteiger partial charge on any atom is 0.281 e. The van der Waals surface area contributed by atoms with Gasteiger partial charge < -0.3 is 9.74 Å². The van der Waals surface area contributed by atoms with E-state index in [-0.39, 0.29) is 24.8 Å². The fourth-order valence-corrected chi connectivity index (χ4v) is 3.92. The first-order valence-corrected chi connectivity index (χ1v) is 10.4. The summed E-state index contributed by atoms with van der Waals surface area (Å²) >= 11 is 24.2. The molecule has 1 aliphatic rings. The molecule has 0 N–H and O–H groups in total. The summed E-state index contributed by atoms with van der Waals surface area (Å²) in [6, 6.07) is 17.8. The third-order valence-corrected chi connectivity index (χ3v) is 5.94. The van der Waals surface area contributed by atoms with Crippen LogP contribution in [0.1, 0.15) is 16.7 Å². The number of carbonyl (C=O) groups excluding carboxylic acids is 1. The predicted molar refractivity (Wildman–Crippen MR) is 122 cm³/mol. The highest BCUT2D eigenvalue weighted by Gasteiger charge is 2.34. The monoisotopic (exact) mass is 478 g/mol. The first-order valence-electron chi connectivity index (χ1n) is 8.93. The third kappa shape index (κ3) is 4.28. The van der Waals surface area contributed by atoms with Crippen LogP contribution in [0, 0.1) is 0 Å². The fraction of sp³-hybridized carbons (Fsp3) is 0.0909. The van der Waals surface area contributed by atoms with Crippen LogP contribution < -0.4 is 4.90 Å². The first kappa shape index (κ1) is 21.0. The lowest BCUT2D eigenvalue weighted by Crippen LogP contribution is -2.29. The van der Waals surface area contributed by atoms with Gasteiger partial charge in [-0.1, -0.05) is 81.9 Å². The second-order valence-corrected chi connectivity index (χ2v) is 8.26. The van der Waals surface area contributed by atoms with Crippen LogP contribution in [0.15, 0.2) is 65.8 Å². The minimum atomic E-state index is -0.267. The number of hydrogen-bond acceptors (Lipinski definition) is 3. The topological polar surface area (TPSA) is 41.9 Å². The highest BCUT2D eigenvalue weighted by molar-refractivity contribution is 6.54. The lowest BCUT2D eigenvalue weighted by atomic mass is 10.1. The highest BCUT2D eigenvalue weighted by Crippen LogP contribution is 2.32. The van der Waals surface area contributed by atoms with Crippen LogP contribution >= 0.6 is 46.4 Å². The van der Waals surface area contributed by atoms with E-state index in [2.05, 4.69) is 5.16 Å². The second kappa shape index (κ2) is 8.86. The Morgan fingerprint density at radius 2 is 1.67 bits per heavy atom. The molecule has 4 nitrogen and oxygen atoms in total. The van der Waals surface area contributed by atoms with E-state index < -0.39 is 0 Å². The Morgan fingerprint density at radius 3 is 2.43 bits per heavy atom. The third-order valence-electron chi connectivity index (χ3n) is 4.61. The quantitative estimate of drug-likeness (QED) is 0.379. The molecule has 1 heterocycles. The van der Waals surface area contributed by atoms with Gasteiger partial charge in [0, 0.05) is 15.6 Å². The maximum absolute atomic E-state index is 13.1. The van der Waals surface area contributed by atoms with Gasteiger partial charge in [0.15, 0.2) is 5.71 Å². The van der Waals surface area contributed by atoms with Crippen LogP contribution in [-0.4, -0.2) is 11.6 Å². The number of para-hydroxylation sites is 1. The van der Waals surface area contributed by atoms with Gasteiger partial charge in [-0.2, -0.15) is 0 Å². The van der Waals surface area contributed by atoms with Gasteiger partial charge in [0.1, 0.15) is 6.61 Å². The minimum Gasteiger partial charge on any atom is -0.390 e. The van der Waals surface area contributed by atoms with E-state index >= 15 is 0 Å². The van der Waals surface area contributed by atoms with Crippen molar-refractivity contribution in [2.75, 3.05) is 4.90 Å². The average Bonchev–Trinajstić information content (AvgIpc) is 2.98. The Kier molecular flexibility index (Phi) is 6.21. The summed E-state index contributed by atoms with van der Waals surface area (Å²) in [5.41, 5.74) is 3.24. The van der Waals surface area contributed by atoms with Crippen molar-refractivity contribution in [2.45, 2.75) is 13.2 Å². The van der Waals surface area contributed by atoms with Crippen molar-refractivity contribution >= 4 is 63.7 Å². The van der Waals surface area contributed by atoms with Crippen molar-refractivity contribution in [3.8, 4) is 0 Å². The summed E-state index contributed by atoms with van der Waals surface area (Å²) in [5.74, 6) is -0.267. The number of anilines is 1. The second-order valence-electron chi connectivity index (χ2n) is 6.61. The number of hydrogen-bond donors (Lipinski definition) is 0. The van der Waals surface area contributed by atoms with E-state index in [9.17, 15) is 4.79 Å². The van der Waals surface area contributed by atoms with E-state index in [1.54, 1.807) is 41.3 Å². The van der Waals surface area contributed by atoms with Gasteiger partial charge in [-0.3, -0.25) is 4.79 Å². The standard InChI is InChI=1S/C22H14Cl4N2O2/c23-15-7-6-14(18(25)10-15)11-28-20-4-2-1-3-16(20)21(22(28)29)27-30-12-13-5-8-17(24)19(26)9-13/h1-10H,11-12H2. The van der Waals surface area contributed by atoms with Gasteiger partial charge in [-0.05, 0) is 41.5 Å². The molecule has 0 bridgehead atoms. The molecule has 152 valence electrons. The average molecular weight is 480 g/mol. The molecule has 4 rings (SSSR count).